The maximum Gasteiger partial charge on any atom is 0.0826 e. The number of piperidine rings is 1. The number of likely N-dealkylation sites (tertiary alicyclic amines) is 1. The van der Waals surface area contributed by atoms with Crippen LogP contribution in [0, 0.1) is 11.8 Å². The highest BCUT2D eigenvalue weighted by Gasteiger charge is 2.35. The number of hydrogen-bond acceptors (Lipinski definition) is 4. The maximum atomic E-state index is 10.6. The molecule has 146 valence electrons. The molecule has 5 atom stereocenters. The Morgan fingerprint density at radius 3 is 2.54 bits per heavy atom. The molecule has 1 saturated heterocycles. The molecule has 2 aliphatic rings. The van der Waals surface area contributed by atoms with Gasteiger partial charge in [0.15, 0.2) is 0 Å². The van der Waals surface area contributed by atoms with E-state index in [0.717, 1.165) is 30.7 Å². The molecular formula is C22H36N2OS. The van der Waals surface area contributed by atoms with Gasteiger partial charge < -0.3 is 10.8 Å². The molecule has 5 unspecified atom stereocenters. The van der Waals surface area contributed by atoms with Crippen molar-refractivity contribution < 1.29 is 5.11 Å². The molecule has 4 heteroatoms. The molecule has 1 aliphatic carbocycles. The smallest absolute Gasteiger partial charge is 0.0826 e. The summed E-state index contributed by atoms with van der Waals surface area (Å²) in [5, 5.41) is 10.6. The summed E-state index contributed by atoms with van der Waals surface area (Å²) in [4.78, 5) is 3.71. The van der Waals surface area contributed by atoms with Gasteiger partial charge in [0.05, 0.1) is 6.10 Å². The Bertz CT molecular complexity index is 512. The first kappa shape index (κ1) is 21.5. The summed E-state index contributed by atoms with van der Waals surface area (Å²) in [7, 11) is 0. The lowest BCUT2D eigenvalue weighted by atomic mass is 9.73. The van der Waals surface area contributed by atoms with E-state index in [2.05, 4.69) is 37.1 Å². The van der Waals surface area contributed by atoms with Crippen molar-refractivity contribution in [3.63, 3.8) is 0 Å². The first-order valence-electron chi connectivity index (χ1n) is 9.99. The lowest BCUT2D eigenvalue weighted by molar-refractivity contribution is 0.00907. The van der Waals surface area contributed by atoms with Crippen molar-refractivity contribution in [1.82, 2.24) is 4.90 Å². The van der Waals surface area contributed by atoms with Gasteiger partial charge in [0.1, 0.15) is 0 Å². The molecule has 1 aliphatic heterocycles. The number of benzene rings is 1. The fourth-order valence-electron chi connectivity index (χ4n) is 4.35. The van der Waals surface area contributed by atoms with Crippen molar-refractivity contribution in [3.05, 3.63) is 43.5 Å². The second kappa shape index (κ2) is 11.1. The van der Waals surface area contributed by atoms with E-state index in [1.54, 1.807) is 11.8 Å². The Labute approximate surface area is 164 Å². The van der Waals surface area contributed by atoms with Crippen LogP contribution in [0.2, 0.25) is 0 Å². The monoisotopic (exact) mass is 376 g/mol. The van der Waals surface area contributed by atoms with E-state index in [1.165, 1.54) is 37.0 Å². The van der Waals surface area contributed by atoms with Crippen molar-refractivity contribution in [2.45, 2.75) is 62.1 Å². The minimum atomic E-state index is -0.441. The van der Waals surface area contributed by atoms with Gasteiger partial charge in [-0.25, -0.2) is 0 Å². The molecule has 3 N–H and O–H groups in total. The molecule has 1 aromatic carbocycles. The van der Waals surface area contributed by atoms with Crippen molar-refractivity contribution in [3.8, 4) is 0 Å². The molecular weight excluding hydrogens is 340 g/mol. The standard InChI is InChI=1S/C20H32N2OS.C2H4/c1-15-11-16-7-5-6-8-17(16)12-22(15)13-20(23)19(21)14-24-18-9-3-2-4-10-18;1-2/h2-4,9-10,15-17,19-20,23H,5-8,11-14,21H2,1H3;1-2H2. The van der Waals surface area contributed by atoms with E-state index in [1.807, 2.05) is 18.2 Å². The summed E-state index contributed by atoms with van der Waals surface area (Å²) >= 11 is 1.73. The van der Waals surface area contributed by atoms with Gasteiger partial charge in [0, 0.05) is 35.8 Å². The Morgan fingerprint density at radius 1 is 1.19 bits per heavy atom. The van der Waals surface area contributed by atoms with Gasteiger partial charge in [-0.3, -0.25) is 4.90 Å². The Kier molecular flexibility index (Phi) is 9.20. The van der Waals surface area contributed by atoms with Crippen molar-refractivity contribution in [2.24, 2.45) is 17.6 Å². The minimum absolute atomic E-state index is 0.175. The number of nitrogens with zero attached hydrogens (tertiary/aromatic N) is 1. The van der Waals surface area contributed by atoms with E-state index in [-0.39, 0.29) is 6.04 Å². The number of hydrogen-bond donors (Lipinski definition) is 2. The molecule has 1 heterocycles. The highest BCUT2D eigenvalue weighted by atomic mass is 32.2. The van der Waals surface area contributed by atoms with Crippen LogP contribution in [0.5, 0.6) is 0 Å². The topological polar surface area (TPSA) is 49.5 Å². The summed E-state index contributed by atoms with van der Waals surface area (Å²) in [6.07, 6.45) is 6.45. The SMILES string of the molecule is C=C.CC1CC2CCCCC2CN1CC(O)C(N)CSc1ccccc1. The van der Waals surface area contributed by atoms with Gasteiger partial charge in [-0.2, -0.15) is 0 Å². The zero-order valence-electron chi connectivity index (χ0n) is 16.2. The highest BCUT2D eigenvalue weighted by molar-refractivity contribution is 7.99. The molecule has 0 bridgehead atoms. The zero-order valence-corrected chi connectivity index (χ0v) is 17.0. The summed E-state index contributed by atoms with van der Waals surface area (Å²) in [5.41, 5.74) is 6.26. The van der Waals surface area contributed by atoms with E-state index < -0.39 is 6.10 Å². The van der Waals surface area contributed by atoms with Gasteiger partial charge in [0.25, 0.3) is 0 Å². The lowest BCUT2D eigenvalue weighted by Crippen LogP contribution is -2.52. The van der Waals surface area contributed by atoms with Crippen LogP contribution in [0.25, 0.3) is 0 Å². The number of aliphatic hydroxyl groups excluding tert-OH is 1. The zero-order chi connectivity index (χ0) is 18.9. The molecule has 0 amide bonds. The summed E-state index contributed by atoms with van der Waals surface area (Å²) in [5.74, 6) is 2.53. The molecule has 1 aromatic rings. The van der Waals surface area contributed by atoms with Crippen LogP contribution in [0.3, 0.4) is 0 Å². The Morgan fingerprint density at radius 2 is 1.85 bits per heavy atom. The minimum Gasteiger partial charge on any atom is -0.390 e. The van der Waals surface area contributed by atoms with Crippen LogP contribution in [0.15, 0.2) is 48.4 Å². The summed E-state index contributed by atoms with van der Waals surface area (Å²) < 4.78 is 0. The number of aliphatic hydroxyl groups is 1. The predicted octanol–water partition coefficient (Wildman–Crippen LogP) is 4.17. The molecule has 0 aromatic heterocycles. The fraction of sp³-hybridized carbons (Fsp3) is 0.636. The van der Waals surface area contributed by atoms with Crippen molar-refractivity contribution in [1.29, 1.82) is 0 Å². The van der Waals surface area contributed by atoms with Crippen LogP contribution in [0.4, 0.5) is 0 Å². The van der Waals surface area contributed by atoms with Gasteiger partial charge in [-0.1, -0.05) is 37.5 Å². The summed E-state index contributed by atoms with van der Waals surface area (Å²) in [6, 6.07) is 10.7. The van der Waals surface area contributed by atoms with Gasteiger partial charge in [-0.05, 0) is 43.7 Å². The normalized spacial score (nSPS) is 28.3. The Balaban J connectivity index is 0.00000117. The second-order valence-corrected chi connectivity index (χ2v) is 8.79. The number of fused-ring (bicyclic) bond motifs is 1. The number of rotatable bonds is 6. The molecule has 0 spiro atoms. The number of β-amino-alcohol motifs (C(OH)–C–C–N with tert-alkyl or cyclic N) is 1. The van der Waals surface area contributed by atoms with E-state index >= 15 is 0 Å². The average Bonchev–Trinajstić information content (AvgIpc) is 2.69. The Hall–Kier alpha value is -0.810. The quantitative estimate of drug-likeness (QED) is 0.578. The third-order valence-corrected chi connectivity index (χ3v) is 7.06. The number of thioether (sulfide) groups is 1. The molecule has 3 rings (SSSR count). The van der Waals surface area contributed by atoms with E-state index in [0.29, 0.717) is 6.04 Å². The second-order valence-electron chi connectivity index (χ2n) is 7.70. The van der Waals surface area contributed by atoms with Crippen LogP contribution < -0.4 is 5.73 Å². The van der Waals surface area contributed by atoms with Crippen LogP contribution in [-0.4, -0.2) is 47.0 Å². The maximum absolute atomic E-state index is 10.6. The first-order valence-corrected chi connectivity index (χ1v) is 11.0. The average molecular weight is 377 g/mol. The summed E-state index contributed by atoms with van der Waals surface area (Å²) in [6.45, 7) is 10.2. The van der Waals surface area contributed by atoms with Gasteiger partial charge >= 0.3 is 0 Å². The molecule has 1 saturated carbocycles. The molecule has 26 heavy (non-hydrogen) atoms. The van der Waals surface area contributed by atoms with Crippen LogP contribution in [0.1, 0.15) is 39.0 Å². The highest BCUT2D eigenvalue weighted by Crippen LogP contribution is 2.38. The molecule has 0 radical (unpaired) electrons. The molecule has 2 fully saturated rings. The largest absolute Gasteiger partial charge is 0.390 e. The number of nitrogens with two attached hydrogens (primary N) is 1. The van der Waals surface area contributed by atoms with Gasteiger partial charge in [0.2, 0.25) is 0 Å². The molecule has 3 nitrogen and oxygen atoms in total. The van der Waals surface area contributed by atoms with E-state index in [4.69, 9.17) is 5.73 Å². The van der Waals surface area contributed by atoms with Gasteiger partial charge in [-0.15, -0.1) is 24.9 Å². The predicted molar refractivity (Wildman–Crippen MR) is 114 cm³/mol. The lowest BCUT2D eigenvalue weighted by Gasteiger charge is -2.46. The fourth-order valence-corrected chi connectivity index (χ4v) is 5.31. The first-order chi connectivity index (χ1) is 12.6. The van der Waals surface area contributed by atoms with E-state index in [9.17, 15) is 5.11 Å². The van der Waals surface area contributed by atoms with Crippen molar-refractivity contribution >= 4 is 11.8 Å². The van der Waals surface area contributed by atoms with Crippen LogP contribution in [-0.2, 0) is 0 Å². The van der Waals surface area contributed by atoms with Crippen LogP contribution >= 0.6 is 11.8 Å². The third kappa shape index (κ3) is 6.12. The van der Waals surface area contributed by atoms with Crippen molar-refractivity contribution in [2.75, 3.05) is 18.8 Å². The third-order valence-electron chi connectivity index (χ3n) is 5.90.